The second-order valence-electron chi connectivity index (χ2n) is 9.01. The molecule has 0 radical (unpaired) electrons. The van der Waals surface area contributed by atoms with Gasteiger partial charge in [-0.3, -0.25) is 0 Å². The van der Waals surface area contributed by atoms with Gasteiger partial charge in [-0.2, -0.15) is 0 Å². The number of rotatable bonds is 5. The van der Waals surface area contributed by atoms with E-state index < -0.39 is 29.8 Å². The Labute approximate surface area is 164 Å². The molecule has 2 saturated carbocycles. The number of ether oxygens (including phenoxy) is 1. The SMILES string of the molecule is CN1CC2CCC(C1)C2COC(=O)[C@](O)(c1ccccc1)[C@@H]1CCC(F)(F)C1. The third-order valence-corrected chi connectivity index (χ3v) is 7.14. The summed E-state index contributed by atoms with van der Waals surface area (Å²) < 4.78 is 33.4. The van der Waals surface area contributed by atoms with E-state index in [0.29, 0.717) is 23.3 Å². The number of alkyl halides is 2. The van der Waals surface area contributed by atoms with Crippen LogP contribution in [-0.4, -0.2) is 48.6 Å². The third-order valence-electron chi connectivity index (χ3n) is 7.14. The summed E-state index contributed by atoms with van der Waals surface area (Å²) in [7, 11) is 2.11. The molecular formula is C22H29F2NO3. The van der Waals surface area contributed by atoms with Crippen molar-refractivity contribution >= 4 is 5.97 Å². The molecule has 28 heavy (non-hydrogen) atoms. The molecule has 1 aliphatic heterocycles. The van der Waals surface area contributed by atoms with Crippen LogP contribution in [-0.2, 0) is 15.1 Å². The van der Waals surface area contributed by atoms with Crippen LogP contribution in [0.5, 0.6) is 0 Å². The fourth-order valence-electron chi connectivity index (χ4n) is 5.64. The number of piperidine rings is 1. The lowest BCUT2D eigenvalue weighted by Gasteiger charge is -2.37. The highest BCUT2D eigenvalue weighted by atomic mass is 19.3. The van der Waals surface area contributed by atoms with Crippen molar-refractivity contribution in [2.45, 2.75) is 43.6 Å². The summed E-state index contributed by atoms with van der Waals surface area (Å²) in [4.78, 5) is 15.4. The summed E-state index contributed by atoms with van der Waals surface area (Å²) in [5, 5.41) is 11.4. The van der Waals surface area contributed by atoms with Gasteiger partial charge in [0.1, 0.15) is 0 Å². The van der Waals surface area contributed by atoms with E-state index in [0.717, 1.165) is 25.9 Å². The van der Waals surface area contributed by atoms with Crippen molar-refractivity contribution in [1.29, 1.82) is 0 Å². The van der Waals surface area contributed by atoms with Gasteiger partial charge in [-0.25, -0.2) is 13.6 Å². The summed E-state index contributed by atoms with van der Waals surface area (Å²) in [6.07, 6.45) is 1.57. The van der Waals surface area contributed by atoms with E-state index in [1.807, 2.05) is 0 Å². The number of carbonyl (C=O) groups excluding carboxylic acids is 1. The summed E-state index contributed by atoms with van der Waals surface area (Å²) in [6.45, 7) is 2.26. The zero-order valence-electron chi connectivity index (χ0n) is 16.3. The van der Waals surface area contributed by atoms with Crippen molar-refractivity contribution in [3.8, 4) is 0 Å². The normalized spacial score (nSPS) is 34.1. The van der Waals surface area contributed by atoms with Crippen LogP contribution in [0.4, 0.5) is 8.78 Å². The maximum absolute atomic E-state index is 13.9. The number of benzene rings is 1. The van der Waals surface area contributed by atoms with E-state index in [1.165, 1.54) is 0 Å². The molecule has 4 nitrogen and oxygen atoms in total. The Morgan fingerprint density at radius 2 is 1.86 bits per heavy atom. The summed E-state index contributed by atoms with van der Waals surface area (Å²) in [5.74, 6) is -3.17. The standard InChI is InChI=1S/C22H29F2NO3/c1-25-12-15-7-8-16(13-25)19(15)14-28-20(26)22(27,17-5-3-2-4-6-17)18-9-10-21(23,24)11-18/h2-6,15-16,18-19,27H,7-14H2,1H3/t15?,16?,18-,19?,22+/m1/s1. The topological polar surface area (TPSA) is 49.8 Å². The molecule has 1 aromatic rings. The maximum atomic E-state index is 13.9. The minimum Gasteiger partial charge on any atom is -0.463 e. The molecule has 0 amide bonds. The van der Waals surface area contributed by atoms with Crippen LogP contribution < -0.4 is 0 Å². The zero-order chi connectivity index (χ0) is 19.9. The predicted molar refractivity (Wildman–Crippen MR) is 101 cm³/mol. The highest BCUT2D eigenvalue weighted by molar-refractivity contribution is 5.81. The number of esters is 1. The van der Waals surface area contributed by atoms with Crippen molar-refractivity contribution in [3.05, 3.63) is 35.9 Å². The molecule has 1 N–H and O–H groups in total. The van der Waals surface area contributed by atoms with Crippen LogP contribution in [0.25, 0.3) is 0 Å². The highest BCUT2D eigenvalue weighted by Gasteiger charge is 2.54. The molecule has 2 unspecified atom stereocenters. The van der Waals surface area contributed by atoms with Gasteiger partial charge in [0.25, 0.3) is 0 Å². The van der Waals surface area contributed by atoms with E-state index in [-0.39, 0.29) is 19.4 Å². The lowest BCUT2D eigenvalue weighted by atomic mass is 9.80. The van der Waals surface area contributed by atoms with Gasteiger partial charge in [-0.1, -0.05) is 30.3 Å². The van der Waals surface area contributed by atoms with Gasteiger partial charge in [0.2, 0.25) is 5.92 Å². The number of carbonyl (C=O) groups is 1. The number of fused-ring (bicyclic) bond motifs is 2. The molecule has 1 aromatic carbocycles. The minimum absolute atomic E-state index is 0.104. The van der Waals surface area contributed by atoms with E-state index in [2.05, 4.69) is 11.9 Å². The number of nitrogens with zero attached hydrogens (tertiary/aromatic N) is 1. The molecule has 0 spiro atoms. The summed E-state index contributed by atoms with van der Waals surface area (Å²) in [5.41, 5.74) is -1.68. The first-order chi connectivity index (χ1) is 13.3. The van der Waals surface area contributed by atoms with Crippen LogP contribution >= 0.6 is 0 Å². The molecule has 4 atom stereocenters. The number of likely N-dealkylation sites (tertiary alicyclic amines) is 1. The molecule has 1 heterocycles. The highest BCUT2D eigenvalue weighted by Crippen LogP contribution is 2.48. The fraction of sp³-hybridized carbons (Fsp3) is 0.682. The first-order valence-corrected chi connectivity index (χ1v) is 10.3. The average Bonchev–Trinajstić information content (AvgIpc) is 3.16. The second kappa shape index (κ2) is 7.38. The largest absolute Gasteiger partial charge is 0.463 e. The average molecular weight is 393 g/mol. The lowest BCUT2D eigenvalue weighted by molar-refractivity contribution is -0.177. The van der Waals surface area contributed by atoms with Gasteiger partial charge in [0.05, 0.1) is 6.61 Å². The van der Waals surface area contributed by atoms with Gasteiger partial charge in [-0.15, -0.1) is 0 Å². The van der Waals surface area contributed by atoms with Gasteiger partial charge in [0, 0.05) is 37.8 Å². The van der Waals surface area contributed by atoms with Crippen molar-refractivity contribution in [2.24, 2.45) is 23.7 Å². The van der Waals surface area contributed by atoms with E-state index in [1.54, 1.807) is 30.3 Å². The fourth-order valence-corrected chi connectivity index (χ4v) is 5.64. The quantitative estimate of drug-likeness (QED) is 0.779. The molecular weight excluding hydrogens is 364 g/mol. The van der Waals surface area contributed by atoms with Crippen LogP contribution in [0, 0.1) is 23.7 Å². The van der Waals surface area contributed by atoms with Gasteiger partial charge in [0.15, 0.2) is 5.60 Å². The van der Waals surface area contributed by atoms with Crippen molar-refractivity contribution < 1.29 is 23.4 Å². The molecule has 2 bridgehead atoms. The molecule has 3 aliphatic rings. The molecule has 154 valence electrons. The molecule has 2 aliphatic carbocycles. The van der Waals surface area contributed by atoms with Crippen molar-refractivity contribution in [3.63, 3.8) is 0 Å². The molecule has 1 saturated heterocycles. The predicted octanol–water partition coefficient (Wildman–Crippen LogP) is 3.44. The molecule has 6 heteroatoms. The van der Waals surface area contributed by atoms with Crippen LogP contribution in [0.1, 0.15) is 37.7 Å². The van der Waals surface area contributed by atoms with Crippen LogP contribution in [0.2, 0.25) is 0 Å². The van der Waals surface area contributed by atoms with E-state index >= 15 is 0 Å². The Balaban J connectivity index is 1.51. The van der Waals surface area contributed by atoms with Crippen molar-refractivity contribution in [2.75, 3.05) is 26.7 Å². The first-order valence-electron chi connectivity index (χ1n) is 10.3. The monoisotopic (exact) mass is 393 g/mol. The summed E-state index contributed by atoms with van der Waals surface area (Å²) in [6, 6.07) is 8.43. The smallest absolute Gasteiger partial charge is 0.343 e. The van der Waals surface area contributed by atoms with Crippen LogP contribution in [0.15, 0.2) is 30.3 Å². The number of hydrogen-bond acceptors (Lipinski definition) is 4. The summed E-state index contributed by atoms with van der Waals surface area (Å²) >= 11 is 0. The third kappa shape index (κ3) is 3.57. The molecule has 3 fully saturated rings. The maximum Gasteiger partial charge on any atom is 0.343 e. The number of halogens is 2. The Morgan fingerprint density at radius 1 is 1.21 bits per heavy atom. The van der Waals surface area contributed by atoms with E-state index in [9.17, 15) is 18.7 Å². The second-order valence-corrected chi connectivity index (χ2v) is 9.01. The Morgan fingerprint density at radius 3 is 2.43 bits per heavy atom. The molecule has 4 rings (SSSR count). The first kappa shape index (κ1) is 19.8. The van der Waals surface area contributed by atoms with Crippen molar-refractivity contribution in [1.82, 2.24) is 4.90 Å². The van der Waals surface area contributed by atoms with Gasteiger partial charge < -0.3 is 14.7 Å². The van der Waals surface area contributed by atoms with E-state index in [4.69, 9.17) is 4.74 Å². The zero-order valence-corrected chi connectivity index (χ0v) is 16.3. The van der Waals surface area contributed by atoms with Crippen LogP contribution in [0.3, 0.4) is 0 Å². The Kier molecular flexibility index (Phi) is 5.21. The van der Waals surface area contributed by atoms with Gasteiger partial charge in [-0.05, 0) is 43.7 Å². The van der Waals surface area contributed by atoms with Gasteiger partial charge >= 0.3 is 5.97 Å². The molecule has 0 aromatic heterocycles. The Bertz CT molecular complexity index is 699. The lowest BCUT2D eigenvalue weighted by Crippen LogP contribution is -2.46. The number of hydrogen-bond donors (Lipinski definition) is 1. The Hall–Kier alpha value is -1.53. The minimum atomic E-state index is -2.85. The number of aliphatic hydroxyl groups is 1.